The number of para-hydroxylation sites is 1. The molecule has 3 heteroatoms. The highest BCUT2D eigenvalue weighted by molar-refractivity contribution is 7.49. The van der Waals surface area contributed by atoms with Crippen LogP contribution in [0.25, 0.3) is 22.3 Å². The Bertz CT molecular complexity index is 1240. The summed E-state index contributed by atoms with van der Waals surface area (Å²) in [6.07, 6.45) is 6.94. The van der Waals surface area contributed by atoms with Gasteiger partial charge in [0, 0.05) is 5.56 Å². The Morgan fingerprint density at radius 3 is 2.00 bits per heavy atom. The lowest BCUT2D eigenvalue weighted by molar-refractivity contribution is 0.444. The monoisotopic (exact) mass is 452 g/mol. The Hall–Kier alpha value is -3.09. The van der Waals surface area contributed by atoms with Gasteiger partial charge in [-0.3, -0.25) is 4.57 Å². The van der Waals surface area contributed by atoms with Crippen LogP contribution >= 0.6 is 8.03 Å². The lowest BCUT2D eigenvalue weighted by Crippen LogP contribution is -2.09. The fourth-order valence-corrected chi connectivity index (χ4v) is 6.13. The quantitative estimate of drug-likeness (QED) is 0.286. The molecule has 4 aromatic carbocycles. The van der Waals surface area contributed by atoms with E-state index in [9.17, 15) is 4.57 Å². The van der Waals surface area contributed by atoms with E-state index in [1.807, 2.05) is 48.5 Å². The van der Waals surface area contributed by atoms with E-state index in [1.165, 1.54) is 43.2 Å². The van der Waals surface area contributed by atoms with Crippen molar-refractivity contribution in [2.24, 2.45) is 0 Å². The zero-order valence-corrected chi connectivity index (χ0v) is 19.7. The van der Waals surface area contributed by atoms with Gasteiger partial charge >= 0.3 is 0 Å². The highest BCUT2D eigenvalue weighted by Crippen LogP contribution is 2.42. The molecule has 1 aliphatic carbocycles. The number of hydrogen-bond acceptors (Lipinski definition) is 2. The molecule has 1 aliphatic heterocycles. The largest absolute Gasteiger partial charge is 0.441 e. The van der Waals surface area contributed by atoms with Crippen LogP contribution in [0.3, 0.4) is 0 Å². The Morgan fingerprint density at radius 2 is 1.21 bits per heavy atom. The molecule has 4 aromatic rings. The molecule has 1 heterocycles. The predicted octanol–water partition coefficient (Wildman–Crippen LogP) is 8.25. The summed E-state index contributed by atoms with van der Waals surface area (Å²) in [6.45, 7) is 0. The van der Waals surface area contributed by atoms with Gasteiger partial charge in [0.15, 0.2) is 0 Å². The number of fused-ring (bicyclic) bond motifs is 3. The van der Waals surface area contributed by atoms with E-state index in [1.54, 1.807) is 5.56 Å². The summed E-state index contributed by atoms with van der Waals surface area (Å²) in [7, 11) is -2.11. The van der Waals surface area contributed by atoms with E-state index in [0.717, 1.165) is 28.1 Å². The van der Waals surface area contributed by atoms with E-state index in [-0.39, 0.29) is 0 Å². The van der Waals surface area contributed by atoms with Gasteiger partial charge in [-0.05, 0) is 53.1 Å². The minimum Gasteiger partial charge on any atom is -0.441 e. The smallest absolute Gasteiger partial charge is 0.266 e. The Labute approximate surface area is 197 Å². The maximum Gasteiger partial charge on any atom is 0.266 e. The summed E-state index contributed by atoms with van der Waals surface area (Å²) >= 11 is 0. The first kappa shape index (κ1) is 21.7. The van der Waals surface area contributed by atoms with Crippen LogP contribution in [-0.4, -0.2) is 0 Å². The van der Waals surface area contributed by atoms with Gasteiger partial charge in [-0.1, -0.05) is 110 Å². The molecule has 0 bridgehead atoms. The molecule has 33 heavy (non-hydrogen) atoms. The molecule has 1 saturated carbocycles. The summed E-state index contributed by atoms with van der Waals surface area (Å²) < 4.78 is 17.2. The van der Waals surface area contributed by atoms with Crippen molar-refractivity contribution < 1.29 is 9.09 Å². The topological polar surface area (TPSA) is 26.3 Å². The second kappa shape index (κ2) is 10.2. The average molecular weight is 453 g/mol. The summed E-state index contributed by atoms with van der Waals surface area (Å²) in [5.74, 6) is 1.50. The van der Waals surface area contributed by atoms with Gasteiger partial charge in [-0.15, -0.1) is 0 Å². The summed E-state index contributed by atoms with van der Waals surface area (Å²) in [4.78, 5) is 0. The van der Waals surface area contributed by atoms with Crippen molar-refractivity contribution in [3.05, 3.63) is 109 Å². The zero-order valence-electron chi connectivity index (χ0n) is 18.7. The van der Waals surface area contributed by atoms with Crippen LogP contribution in [0.4, 0.5) is 0 Å². The minimum absolute atomic E-state index is 0.722. The van der Waals surface area contributed by atoms with Crippen molar-refractivity contribution >= 4 is 13.3 Å². The van der Waals surface area contributed by atoms with Crippen LogP contribution in [-0.2, 0) is 4.57 Å². The molecule has 0 saturated heterocycles. The maximum atomic E-state index is 11.8. The van der Waals surface area contributed by atoms with E-state index in [0.29, 0.717) is 0 Å². The van der Waals surface area contributed by atoms with Gasteiger partial charge in [0.25, 0.3) is 8.03 Å². The Balaban J connectivity index is 0.000000140. The van der Waals surface area contributed by atoms with Gasteiger partial charge in [-0.2, -0.15) is 0 Å². The first-order valence-corrected chi connectivity index (χ1v) is 13.2. The molecule has 2 nitrogen and oxygen atoms in total. The standard InChI is InChI=1S/C18H20.C12H9O2P/c1-3-9-15(10-4-1)17-13-7-8-14-18(17)16-11-5-2-6-12-16;13-15-12-8-4-2-6-10(12)9-5-1-3-7-11(9)14-15/h1,3-4,7-10,13-14,16H,2,5-6,11-12H2;1-8,15H. The number of benzene rings is 4. The number of hydrogen-bond donors (Lipinski definition) is 0. The van der Waals surface area contributed by atoms with Crippen LogP contribution in [0.15, 0.2) is 103 Å². The van der Waals surface area contributed by atoms with Crippen LogP contribution in [0.5, 0.6) is 5.75 Å². The zero-order chi connectivity index (χ0) is 22.5. The van der Waals surface area contributed by atoms with Crippen molar-refractivity contribution in [1.82, 2.24) is 0 Å². The normalized spacial score (nSPS) is 17.0. The van der Waals surface area contributed by atoms with Crippen LogP contribution < -0.4 is 9.83 Å². The van der Waals surface area contributed by atoms with Gasteiger partial charge in [0.05, 0.1) is 5.30 Å². The fourth-order valence-electron chi connectivity index (χ4n) is 4.98. The molecule has 1 fully saturated rings. The van der Waals surface area contributed by atoms with Gasteiger partial charge in [0.1, 0.15) is 5.75 Å². The van der Waals surface area contributed by atoms with Gasteiger partial charge in [-0.25, -0.2) is 0 Å². The molecule has 0 aromatic heterocycles. The summed E-state index contributed by atoms with van der Waals surface area (Å²) in [5.41, 5.74) is 6.41. The first-order valence-electron chi connectivity index (χ1n) is 11.9. The molecule has 0 spiro atoms. The molecule has 0 radical (unpaired) electrons. The molecule has 2 aliphatic rings. The third-order valence-corrected chi connectivity index (χ3v) is 7.90. The third kappa shape index (κ3) is 4.82. The third-order valence-electron chi connectivity index (χ3n) is 6.62. The minimum atomic E-state index is -2.11. The molecule has 0 amide bonds. The SMILES string of the molecule is O=[PH]1Oc2ccccc2-c2ccccc21.c1ccc(-c2ccccc2C2CCCCC2)cc1. The molecule has 1 unspecified atom stereocenters. The second-order valence-corrected chi connectivity index (χ2v) is 10.0. The summed E-state index contributed by atoms with van der Waals surface area (Å²) in [6, 6.07) is 35.2. The van der Waals surface area contributed by atoms with Gasteiger partial charge < -0.3 is 4.52 Å². The van der Waals surface area contributed by atoms with E-state index in [4.69, 9.17) is 4.52 Å². The Kier molecular flexibility index (Phi) is 6.74. The predicted molar refractivity (Wildman–Crippen MR) is 139 cm³/mol. The molecular formula is C30H29O2P. The first-order chi connectivity index (χ1) is 16.3. The van der Waals surface area contributed by atoms with Crippen molar-refractivity contribution in [3.8, 4) is 28.0 Å². The van der Waals surface area contributed by atoms with E-state index in [2.05, 4.69) is 54.6 Å². The molecule has 1 atom stereocenters. The van der Waals surface area contributed by atoms with Crippen LogP contribution in [0.1, 0.15) is 43.6 Å². The highest BCUT2D eigenvalue weighted by Gasteiger charge is 2.21. The average Bonchev–Trinajstić information content (AvgIpc) is 2.90. The van der Waals surface area contributed by atoms with Crippen LogP contribution in [0.2, 0.25) is 0 Å². The Morgan fingerprint density at radius 1 is 0.606 bits per heavy atom. The van der Waals surface area contributed by atoms with Crippen molar-refractivity contribution in [1.29, 1.82) is 0 Å². The fraction of sp³-hybridized carbons (Fsp3) is 0.200. The van der Waals surface area contributed by atoms with E-state index >= 15 is 0 Å². The maximum absolute atomic E-state index is 11.8. The number of rotatable bonds is 2. The lowest BCUT2D eigenvalue weighted by Gasteiger charge is -2.24. The summed E-state index contributed by atoms with van der Waals surface area (Å²) in [5, 5.41) is 0.821. The van der Waals surface area contributed by atoms with Crippen LogP contribution in [0, 0.1) is 0 Å². The lowest BCUT2D eigenvalue weighted by atomic mass is 9.81. The van der Waals surface area contributed by atoms with Crippen molar-refractivity contribution in [2.75, 3.05) is 0 Å². The molecule has 0 N–H and O–H groups in total. The van der Waals surface area contributed by atoms with Crippen molar-refractivity contribution in [3.63, 3.8) is 0 Å². The highest BCUT2D eigenvalue weighted by atomic mass is 31.1. The second-order valence-electron chi connectivity index (χ2n) is 8.72. The molecule has 166 valence electrons. The molecule has 6 rings (SSSR count). The van der Waals surface area contributed by atoms with E-state index < -0.39 is 8.03 Å². The van der Waals surface area contributed by atoms with Gasteiger partial charge in [0.2, 0.25) is 0 Å². The molecular weight excluding hydrogens is 423 g/mol. The van der Waals surface area contributed by atoms with Crippen molar-refractivity contribution in [2.45, 2.75) is 38.0 Å².